The summed E-state index contributed by atoms with van der Waals surface area (Å²) in [5, 5.41) is 9.83. The van der Waals surface area contributed by atoms with Crippen molar-refractivity contribution in [3.8, 4) is 11.8 Å². The summed E-state index contributed by atoms with van der Waals surface area (Å²) in [5.74, 6) is 1.18. The van der Waals surface area contributed by atoms with Gasteiger partial charge in [-0.1, -0.05) is 0 Å². The lowest BCUT2D eigenvalue weighted by Gasteiger charge is -2.35. The van der Waals surface area contributed by atoms with Gasteiger partial charge in [-0.15, -0.1) is 0 Å². The van der Waals surface area contributed by atoms with Crippen molar-refractivity contribution in [1.29, 1.82) is 5.26 Å². The van der Waals surface area contributed by atoms with E-state index in [0.717, 1.165) is 30.2 Å². The Morgan fingerprint density at radius 3 is 2.86 bits per heavy atom. The topological polar surface area (TPSA) is 45.9 Å². The van der Waals surface area contributed by atoms with E-state index < -0.39 is 6.17 Å². The molecule has 1 atom stereocenters. The van der Waals surface area contributed by atoms with Gasteiger partial charge in [-0.3, -0.25) is 4.98 Å². The number of benzene rings is 1. The van der Waals surface area contributed by atoms with Crippen molar-refractivity contribution in [2.75, 3.05) is 6.61 Å². The van der Waals surface area contributed by atoms with Crippen LogP contribution in [-0.2, 0) is 0 Å². The molecule has 21 heavy (non-hydrogen) atoms. The number of rotatable bonds is 3. The summed E-state index contributed by atoms with van der Waals surface area (Å²) in [6.07, 6.45) is 3.79. The fourth-order valence-corrected chi connectivity index (χ4v) is 3.40. The van der Waals surface area contributed by atoms with Gasteiger partial charge >= 0.3 is 0 Å². The van der Waals surface area contributed by atoms with Gasteiger partial charge in [0.25, 0.3) is 0 Å². The van der Waals surface area contributed by atoms with Crippen LogP contribution in [-0.4, -0.2) is 17.8 Å². The quantitative estimate of drug-likeness (QED) is 0.863. The second-order valence-electron chi connectivity index (χ2n) is 6.31. The highest BCUT2D eigenvalue weighted by atomic mass is 19.1. The first-order chi connectivity index (χ1) is 10.2. The van der Waals surface area contributed by atoms with E-state index in [0.29, 0.717) is 23.8 Å². The van der Waals surface area contributed by atoms with Gasteiger partial charge in [0, 0.05) is 10.8 Å². The Bertz CT molecular complexity index is 746. The molecular formula is C17H15FN2O. The van der Waals surface area contributed by atoms with Gasteiger partial charge in [0.05, 0.1) is 30.0 Å². The maximum absolute atomic E-state index is 13.1. The third kappa shape index (κ3) is 2.13. The fraction of sp³-hybridized carbons (Fsp3) is 0.412. The van der Waals surface area contributed by atoms with Crippen molar-refractivity contribution in [3.63, 3.8) is 0 Å². The molecule has 2 aliphatic rings. The minimum absolute atomic E-state index is 0.0252. The molecule has 2 fully saturated rings. The maximum Gasteiger partial charge on any atom is 0.138 e. The summed E-state index contributed by atoms with van der Waals surface area (Å²) in [4.78, 5) is 4.34. The van der Waals surface area contributed by atoms with Gasteiger partial charge in [0.2, 0.25) is 0 Å². The molecule has 0 saturated heterocycles. The molecule has 0 N–H and O–H groups in total. The van der Waals surface area contributed by atoms with E-state index >= 15 is 0 Å². The molecule has 0 radical (unpaired) electrons. The van der Waals surface area contributed by atoms with E-state index in [2.05, 4.69) is 11.1 Å². The highest BCUT2D eigenvalue weighted by Gasteiger charge is 2.62. The third-order valence-corrected chi connectivity index (χ3v) is 4.75. The molecule has 2 saturated carbocycles. The number of halogens is 1. The molecule has 1 unspecified atom stereocenters. The summed E-state index contributed by atoms with van der Waals surface area (Å²) >= 11 is 0. The van der Waals surface area contributed by atoms with Crippen LogP contribution in [0.5, 0.6) is 5.75 Å². The molecule has 2 aliphatic carbocycles. The predicted octanol–water partition coefficient (Wildman–Crippen LogP) is 3.62. The fourth-order valence-electron chi connectivity index (χ4n) is 3.40. The molecule has 1 spiro atoms. The zero-order valence-electron chi connectivity index (χ0n) is 11.6. The van der Waals surface area contributed by atoms with Gasteiger partial charge in [-0.05, 0) is 49.4 Å². The largest absolute Gasteiger partial charge is 0.492 e. The number of pyridine rings is 1. The lowest BCUT2D eigenvalue weighted by atomic mass is 9.72. The number of alkyl halides is 1. The molecule has 0 bridgehead atoms. The Kier molecular flexibility index (Phi) is 2.65. The van der Waals surface area contributed by atoms with Crippen LogP contribution in [0.15, 0.2) is 30.5 Å². The molecular weight excluding hydrogens is 267 g/mol. The standard InChI is InChI=1S/C17H15FN2O/c18-16-7-17(16)5-12(6-17)10-21-14-4-13-3-11(8-19)1-2-15(13)20-9-14/h1-4,9,12,16H,5-7,10H2. The highest BCUT2D eigenvalue weighted by molar-refractivity contribution is 5.81. The highest BCUT2D eigenvalue weighted by Crippen LogP contribution is 2.64. The van der Waals surface area contributed by atoms with E-state index in [-0.39, 0.29) is 5.41 Å². The first kappa shape index (κ1) is 12.6. The molecule has 0 amide bonds. The molecule has 1 heterocycles. The number of hydrogen-bond acceptors (Lipinski definition) is 3. The average molecular weight is 282 g/mol. The van der Waals surface area contributed by atoms with E-state index in [1.807, 2.05) is 18.2 Å². The third-order valence-electron chi connectivity index (χ3n) is 4.75. The molecule has 106 valence electrons. The molecule has 0 aliphatic heterocycles. The maximum atomic E-state index is 13.1. The molecule has 1 aromatic carbocycles. The molecule has 4 heteroatoms. The first-order valence-corrected chi connectivity index (χ1v) is 7.25. The minimum Gasteiger partial charge on any atom is -0.492 e. The lowest BCUT2D eigenvalue weighted by Crippen LogP contribution is -2.31. The van der Waals surface area contributed by atoms with Crippen molar-refractivity contribution in [2.45, 2.75) is 25.4 Å². The van der Waals surface area contributed by atoms with E-state index in [9.17, 15) is 4.39 Å². The Labute approximate surface area is 122 Å². The minimum atomic E-state index is -0.569. The Hall–Kier alpha value is -2.15. The molecule has 2 aromatic rings. The van der Waals surface area contributed by atoms with Crippen molar-refractivity contribution in [2.24, 2.45) is 11.3 Å². The SMILES string of the molecule is N#Cc1ccc2ncc(OCC3CC4(C3)CC4F)cc2c1. The number of nitriles is 1. The number of fused-ring (bicyclic) bond motifs is 1. The number of nitrogens with zero attached hydrogens (tertiary/aromatic N) is 2. The van der Waals surface area contributed by atoms with Crippen molar-refractivity contribution in [3.05, 3.63) is 36.0 Å². The summed E-state index contributed by atoms with van der Waals surface area (Å²) in [6.45, 7) is 0.625. The molecule has 4 rings (SSSR count). The summed E-state index contributed by atoms with van der Waals surface area (Å²) in [5.41, 5.74) is 1.49. The number of aromatic nitrogens is 1. The van der Waals surface area contributed by atoms with E-state index in [4.69, 9.17) is 10.00 Å². The monoisotopic (exact) mass is 282 g/mol. The summed E-state index contributed by atoms with van der Waals surface area (Å²) in [6, 6.07) is 9.44. The smallest absolute Gasteiger partial charge is 0.138 e. The van der Waals surface area contributed by atoms with Crippen LogP contribution in [0, 0.1) is 22.7 Å². The van der Waals surface area contributed by atoms with Crippen LogP contribution < -0.4 is 4.74 Å². The first-order valence-electron chi connectivity index (χ1n) is 7.25. The summed E-state index contributed by atoms with van der Waals surface area (Å²) in [7, 11) is 0. The van der Waals surface area contributed by atoms with Crippen molar-refractivity contribution in [1.82, 2.24) is 4.98 Å². The van der Waals surface area contributed by atoms with Crippen molar-refractivity contribution >= 4 is 10.9 Å². The van der Waals surface area contributed by atoms with E-state index in [1.54, 1.807) is 12.3 Å². The predicted molar refractivity (Wildman–Crippen MR) is 76.6 cm³/mol. The van der Waals surface area contributed by atoms with E-state index in [1.165, 1.54) is 0 Å². The lowest BCUT2D eigenvalue weighted by molar-refractivity contribution is 0.0845. The van der Waals surface area contributed by atoms with Crippen LogP contribution in [0.3, 0.4) is 0 Å². The van der Waals surface area contributed by atoms with Gasteiger partial charge in [0.15, 0.2) is 0 Å². The van der Waals surface area contributed by atoms with Gasteiger partial charge in [-0.2, -0.15) is 5.26 Å². The van der Waals surface area contributed by atoms with Gasteiger partial charge < -0.3 is 4.74 Å². The normalized spacial score (nSPS) is 29.9. The number of hydrogen-bond donors (Lipinski definition) is 0. The van der Waals surface area contributed by atoms with Gasteiger partial charge in [0.1, 0.15) is 11.9 Å². The van der Waals surface area contributed by atoms with Crippen molar-refractivity contribution < 1.29 is 9.13 Å². The van der Waals surface area contributed by atoms with Crippen LogP contribution >= 0.6 is 0 Å². The Morgan fingerprint density at radius 1 is 1.33 bits per heavy atom. The average Bonchev–Trinajstić information content (AvgIpc) is 3.14. The Balaban J connectivity index is 1.43. The van der Waals surface area contributed by atoms with Crippen LogP contribution in [0.4, 0.5) is 4.39 Å². The zero-order chi connectivity index (χ0) is 14.4. The van der Waals surface area contributed by atoms with Gasteiger partial charge in [-0.25, -0.2) is 4.39 Å². The second kappa shape index (κ2) is 4.42. The zero-order valence-corrected chi connectivity index (χ0v) is 11.6. The summed E-state index contributed by atoms with van der Waals surface area (Å²) < 4.78 is 18.9. The van der Waals surface area contributed by atoms with Crippen LogP contribution in [0.1, 0.15) is 24.8 Å². The Morgan fingerprint density at radius 2 is 2.14 bits per heavy atom. The van der Waals surface area contributed by atoms with Crippen LogP contribution in [0.2, 0.25) is 0 Å². The van der Waals surface area contributed by atoms with Crippen LogP contribution in [0.25, 0.3) is 10.9 Å². The second-order valence-corrected chi connectivity index (χ2v) is 6.31. The number of ether oxygens (including phenoxy) is 1. The molecule has 3 nitrogen and oxygen atoms in total. The molecule has 1 aromatic heterocycles.